The molecule has 0 spiro atoms. The number of halogens is 3. The highest BCUT2D eigenvalue weighted by Gasteiger charge is 2.43. The molecule has 2 atom stereocenters. The predicted molar refractivity (Wildman–Crippen MR) is 107 cm³/mol. The van der Waals surface area contributed by atoms with Gasteiger partial charge in [0.05, 0.1) is 0 Å². The summed E-state index contributed by atoms with van der Waals surface area (Å²) in [6, 6.07) is 5.25. The Morgan fingerprint density at radius 2 is 1.97 bits per heavy atom. The number of piperidine rings is 1. The Balaban J connectivity index is 1.31. The molecule has 164 valence electrons. The lowest BCUT2D eigenvalue weighted by molar-refractivity contribution is -0.153. The van der Waals surface area contributed by atoms with Gasteiger partial charge in [0.1, 0.15) is 12.1 Å². The Morgan fingerprint density at radius 1 is 1.19 bits per heavy atom. The van der Waals surface area contributed by atoms with E-state index in [1.54, 1.807) is 18.6 Å². The molecule has 1 aliphatic carbocycles. The summed E-state index contributed by atoms with van der Waals surface area (Å²) >= 11 is 0. The lowest BCUT2D eigenvalue weighted by atomic mass is 9.92. The second-order valence-corrected chi connectivity index (χ2v) is 8.17. The first-order chi connectivity index (χ1) is 14.9. The lowest BCUT2D eigenvalue weighted by Crippen LogP contribution is -2.48. The van der Waals surface area contributed by atoms with Crippen LogP contribution >= 0.6 is 0 Å². The number of alkyl halides is 3. The molecule has 31 heavy (non-hydrogen) atoms. The Hall–Kier alpha value is -3.11. The first kappa shape index (κ1) is 19.8. The van der Waals surface area contributed by atoms with Gasteiger partial charge in [-0.05, 0) is 43.7 Å². The Labute approximate surface area is 176 Å². The normalized spacial score (nSPS) is 23.4. The van der Waals surface area contributed by atoms with Gasteiger partial charge in [-0.3, -0.25) is 0 Å². The second-order valence-electron chi connectivity index (χ2n) is 8.17. The molecule has 8 nitrogen and oxygen atoms in total. The molecule has 2 aliphatic rings. The summed E-state index contributed by atoms with van der Waals surface area (Å²) < 4.78 is 44.0. The molecule has 1 saturated carbocycles. The molecular formula is C20H22F3N7O. The van der Waals surface area contributed by atoms with E-state index < -0.39 is 12.8 Å². The van der Waals surface area contributed by atoms with E-state index in [-0.39, 0.29) is 17.4 Å². The molecule has 0 aromatic carbocycles. The molecule has 1 saturated heterocycles. The highest BCUT2D eigenvalue weighted by atomic mass is 19.4. The number of aryl methyl sites for hydroxylation is 1. The van der Waals surface area contributed by atoms with Gasteiger partial charge in [-0.15, -0.1) is 5.10 Å². The van der Waals surface area contributed by atoms with Crippen LogP contribution in [0.15, 0.2) is 30.7 Å². The fraction of sp³-hybridized carbons (Fsp3) is 0.500. The van der Waals surface area contributed by atoms with Crippen molar-refractivity contribution in [3.8, 4) is 5.75 Å². The SMILES string of the molecule is Cc1cc(N2CC3CCC(C2)C3Nc2nc3c(OCC(F)(F)F)cccn3n2)ncn1. The summed E-state index contributed by atoms with van der Waals surface area (Å²) in [5.41, 5.74) is 1.20. The van der Waals surface area contributed by atoms with Crippen molar-refractivity contribution in [1.29, 1.82) is 0 Å². The van der Waals surface area contributed by atoms with Gasteiger partial charge in [-0.1, -0.05) is 0 Å². The van der Waals surface area contributed by atoms with E-state index >= 15 is 0 Å². The molecule has 2 fully saturated rings. The van der Waals surface area contributed by atoms with Crippen molar-refractivity contribution in [3.05, 3.63) is 36.4 Å². The minimum absolute atomic E-state index is 0.0531. The van der Waals surface area contributed by atoms with Crippen LogP contribution in [0.1, 0.15) is 18.5 Å². The minimum atomic E-state index is -4.41. The quantitative estimate of drug-likeness (QED) is 0.662. The van der Waals surface area contributed by atoms with Crippen LogP contribution in [0.2, 0.25) is 0 Å². The standard InChI is InChI=1S/C20H22F3N7O/c1-12-7-16(25-11-24-12)29-8-13-4-5-14(9-29)17(13)26-19-27-18-15(31-10-20(21,22)23)3-2-6-30(18)28-19/h2-3,6-7,11,13-14,17H,4-5,8-10H2,1H3,(H,26,28). The van der Waals surface area contributed by atoms with Crippen molar-refractivity contribution in [2.24, 2.45) is 11.8 Å². The third-order valence-electron chi connectivity index (χ3n) is 5.96. The topological polar surface area (TPSA) is 80.5 Å². The molecule has 11 heteroatoms. The number of nitrogens with zero attached hydrogens (tertiary/aromatic N) is 6. The van der Waals surface area contributed by atoms with E-state index in [0.717, 1.165) is 37.4 Å². The highest BCUT2D eigenvalue weighted by molar-refractivity contribution is 5.56. The van der Waals surface area contributed by atoms with Gasteiger partial charge in [-0.2, -0.15) is 18.2 Å². The van der Waals surface area contributed by atoms with Crippen molar-refractivity contribution in [2.75, 3.05) is 29.9 Å². The first-order valence-corrected chi connectivity index (χ1v) is 10.2. The van der Waals surface area contributed by atoms with Crippen LogP contribution in [-0.4, -0.2) is 56.5 Å². The largest absolute Gasteiger partial charge is 0.480 e. The van der Waals surface area contributed by atoms with Crippen molar-refractivity contribution in [3.63, 3.8) is 0 Å². The van der Waals surface area contributed by atoms with Crippen molar-refractivity contribution in [2.45, 2.75) is 32.0 Å². The number of nitrogens with one attached hydrogen (secondary N) is 1. The summed E-state index contributed by atoms with van der Waals surface area (Å²) in [6.45, 7) is 2.33. The fourth-order valence-electron chi connectivity index (χ4n) is 4.62. The lowest BCUT2D eigenvalue weighted by Gasteiger charge is -2.38. The Morgan fingerprint density at radius 3 is 2.68 bits per heavy atom. The van der Waals surface area contributed by atoms with E-state index in [4.69, 9.17) is 4.74 Å². The zero-order chi connectivity index (χ0) is 21.6. The zero-order valence-electron chi connectivity index (χ0n) is 16.9. The first-order valence-electron chi connectivity index (χ1n) is 10.2. The number of aromatic nitrogens is 5. The molecule has 1 N–H and O–H groups in total. The summed E-state index contributed by atoms with van der Waals surface area (Å²) in [4.78, 5) is 15.3. The number of pyridine rings is 1. The van der Waals surface area contributed by atoms with Crippen LogP contribution in [0.3, 0.4) is 0 Å². The van der Waals surface area contributed by atoms with E-state index in [9.17, 15) is 13.2 Å². The van der Waals surface area contributed by atoms with Crippen LogP contribution in [0.4, 0.5) is 24.9 Å². The average molecular weight is 433 g/mol. The Kier molecular flexibility index (Phi) is 4.82. The average Bonchev–Trinajstić information content (AvgIpc) is 3.22. The summed E-state index contributed by atoms with van der Waals surface area (Å²) in [7, 11) is 0. The van der Waals surface area contributed by atoms with Crippen LogP contribution in [-0.2, 0) is 0 Å². The highest BCUT2D eigenvalue weighted by Crippen LogP contribution is 2.39. The molecular weight excluding hydrogens is 411 g/mol. The molecule has 5 rings (SSSR count). The maximum atomic E-state index is 12.5. The Bertz CT molecular complexity index is 1070. The molecule has 0 radical (unpaired) electrons. The minimum Gasteiger partial charge on any atom is -0.480 e. The van der Waals surface area contributed by atoms with E-state index in [1.165, 1.54) is 10.6 Å². The smallest absolute Gasteiger partial charge is 0.422 e. The van der Waals surface area contributed by atoms with E-state index in [0.29, 0.717) is 17.8 Å². The van der Waals surface area contributed by atoms with Gasteiger partial charge < -0.3 is 15.0 Å². The van der Waals surface area contributed by atoms with Gasteiger partial charge >= 0.3 is 6.18 Å². The maximum Gasteiger partial charge on any atom is 0.422 e. The van der Waals surface area contributed by atoms with Crippen LogP contribution in [0, 0.1) is 18.8 Å². The van der Waals surface area contributed by atoms with Gasteiger partial charge in [-0.25, -0.2) is 14.5 Å². The van der Waals surface area contributed by atoms with Crippen molar-refractivity contribution >= 4 is 17.4 Å². The molecule has 1 aliphatic heterocycles. The van der Waals surface area contributed by atoms with Crippen LogP contribution in [0.25, 0.3) is 5.65 Å². The van der Waals surface area contributed by atoms with Gasteiger partial charge in [0.2, 0.25) is 5.95 Å². The number of hydrogen-bond acceptors (Lipinski definition) is 7. The maximum absolute atomic E-state index is 12.5. The van der Waals surface area contributed by atoms with Crippen molar-refractivity contribution < 1.29 is 17.9 Å². The summed E-state index contributed by atoms with van der Waals surface area (Å²) in [5, 5.41) is 7.83. The molecule has 2 unspecified atom stereocenters. The zero-order valence-corrected chi connectivity index (χ0v) is 16.9. The summed E-state index contributed by atoms with van der Waals surface area (Å²) in [5.74, 6) is 2.21. The molecule has 2 bridgehead atoms. The number of fused-ring (bicyclic) bond motifs is 3. The second kappa shape index (κ2) is 7.54. The number of hydrogen-bond donors (Lipinski definition) is 1. The number of rotatable bonds is 5. The number of anilines is 2. The molecule has 3 aromatic heterocycles. The van der Waals surface area contributed by atoms with Crippen LogP contribution < -0.4 is 15.0 Å². The fourth-order valence-corrected chi connectivity index (χ4v) is 4.62. The third kappa shape index (κ3) is 4.08. The van der Waals surface area contributed by atoms with Crippen molar-refractivity contribution in [1.82, 2.24) is 24.6 Å². The van der Waals surface area contributed by atoms with Gasteiger partial charge in [0, 0.05) is 37.1 Å². The van der Waals surface area contributed by atoms with Gasteiger partial charge in [0.25, 0.3) is 0 Å². The van der Waals surface area contributed by atoms with Crippen LogP contribution in [0.5, 0.6) is 5.75 Å². The molecule has 3 aromatic rings. The molecule has 0 amide bonds. The van der Waals surface area contributed by atoms with E-state index in [2.05, 4.69) is 30.3 Å². The third-order valence-corrected chi connectivity index (χ3v) is 5.96. The monoisotopic (exact) mass is 433 g/mol. The summed E-state index contributed by atoms with van der Waals surface area (Å²) in [6.07, 6.45) is 1.01. The van der Waals surface area contributed by atoms with E-state index in [1.807, 2.05) is 13.0 Å². The number of ether oxygens (including phenoxy) is 1. The molecule has 4 heterocycles. The van der Waals surface area contributed by atoms with Gasteiger partial charge in [0.15, 0.2) is 18.0 Å². The predicted octanol–water partition coefficient (Wildman–Crippen LogP) is 3.10.